The molecule has 164 valence electrons. The summed E-state index contributed by atoms with van der Waals surface area (Å²) >= 11 is 1.17. The smallest absolute Gasteiger partial charge is 0.337 e. The van der Waals surface area contributed by atoms with Gasteiger partial charge < -0.3 is 27.0 Å². The van der Waals surface area contributed by atoms with Crippen LogP contribution in [0, 0.1) is 16.7 Å². The highest BCUT2D eigenvalue weighted by atomic mass is 32.2. The number of carboxylic acid groups (broad SMARTS) is 1. The van der Waals surface area contributed by atoms with E-state index >= 15 is 0 Å². The fraction of sp³-hybridized carbons (Fsp3) is 0.0476. The minimum absolute atomic E-state index is 0.0809. The molecule has 32 heavy (non-hydrogen) atoms. The van der Waals surface area contributed by atoms with Crippen LogP contribution in [0.4, 0.5) is 5.69 Å². The van der Waals surface area contributed by atoms with Gasteiger partial charge in [-0.05, 0) is 67.2 Å². The number of aromatic carboxylic acids is 1. The molecule has 0 unspecified atom stereocenters. The van der Waals surface area contributed by atoms with Crippen molar-refractivity contribution in [1.29, 1.82) is 10.7 Å². The van der Waals surface area contributed by atoms with Gasteiger partial charge in [-0.3, -0.25) is 14.9 Å². The average molecular weight is 452 g/mol. The predicted octanol–water partition coefficient (Wildman–Crippen LogP) is 1.97. The summed E-state index contributed by atoms with van der Waals surface area (Å²) in [4.78, 5) is 24.7. The standard InChI is InChI=1S/C21H20N6O4S/c1-26-32-18-8-15(17(28)7-13(18)12(10-24)4-5-22)19(25)20(29)27-16-3-2-11(9-23)6-14(16)21(30)31/h2-8,10,25-26,28H,22,24H2,1H3,(H,27,29)(H,30,31)/b5-4-,12-10+,25-19?. The number of nitrogens with one attached hydrogen (secondary N) is 3. The highest BCUT2D eigenvalue weighted by molar-refractivity contribution is 7.97. The Bertz CT molecular complexity index is 1180. The molecule has 0 aliphatic heterocycles. The molecule has 0 saturated heterocycles. The lowest BCUT2D eigenvalue weighted by molar-refractivity contribution is -0.110. The number of phenols is 1. The number of hydrogen-bond acceptors (Lipinski definition) is 9. The third-order valence-electron chi connectivity index (χ3n) is 4.20. The van der Waals surface area contributed by atoms with Gasteiger partial charge in [0.2, 0.25) is 0 Å². The molecule has 10 nitrogen and oxygen atoms in total. The number of nitriles is 1. The minimum Gasteiger partial charge on any atom is -0.507 e. The number of carboxylic acids is 1. The van der Waals surface area contributed by atoms with E-state index in [2.05, 4.69) is 10.0 Å². The summed E-state index contributed by atoms with van der Waals surface area (Å²) in [5, 5.41) is 39.4. The summed E-state index contributed by atoms with van der Waals surface area (Å²) in [5.41, 5.74) is 11.1. The Labute approximate surface area is 187 Å². The minimum atomic E-state index is -1.35. The van der Waals surface area contributed by atoms with Crippen molar-refractivity contribution < 1.29 is 19.8 Å². The molecule has 0 spiro atoms. The van der Waals surface area contributed by atoms with Gasteiger partial charge in [0.05, 0.1) is 22.9 Å². The van der Waals surface area contributed by atoms with Gasteiger partial charge in [0.25, 0.3) is 5.91 Å². The average Bonchev–Trinajstić information content (AvgIpc) is 2.78. The Balaban J connectivity index is 2.45. The number of phenolic OH excluding ortho intramolecular Hbond substituents is 1. The van der Waals surface area contributed by atoms with Gasteiger partial charge in [-0.25, -0.2) is 4.79 Å². The number of aromatic hydroxyl groups is 1. The fourth-order valence-corrected chi connectivity index (χ4v) is 3.42. The van der Waals surface area contributed by atoms with E-state index in [1.807, 2.05) is 6.07 Å². The predicted molar refractivity (Wildman–Crippen MR) is 122 cm³/mol. The number of amides is 1. The van der Waals surface area contributed by atoms with E-state index in [0.717, 1.165) is 6.07 Å². The fourth-order valence-electron chi connectivity index (χ4n) is 2.73. The second-order valence-corrected chi connectivity index (χ2v) is 7.21. The normalized spacial score (nSPS) is 11.2. The van der Waals surface area contributed by atoms with Gasteiger partial charge in [0.1, 0.15) is 11.5 Å². The molecule has 2 aromatic rings. The number of nitrogens with zero attached hydrogens (tertiary/aromatic N) is 1. The molecule has 0 aliphatic rings. The molecule has 0 aromatic heterocycles. The van der Waals surface area contributed by atoms with E-state index in [9.17, 15) is 19.8 Å². The van der Waals surface area contributed by atoms with E-state index in [1.165, 1.54) is 54.7 Å². The summed E-state index contributed by atoms with van der Waals surface area (Å²) in [5.74, 6) is -2.65. The third-order valence-corrected chi connectivity index (χ3v) is 4.96. The van der Waals surface area contributed by atoms with Crippen molar-refractivity contribution in [3.05, 3.63) is 71.1 Å². The molecule has 0 heterocycles. The molecule has 11 heteroatoms. The molecule has 1 amide bonds. The summed E-state index contributed by atoms with van der Waals surface area (Å²) in [6.07, 6.45) is 4.11. The number of hydrogen-bond donors (Lipinski definition) is 7. The van der Waals surface area contributed by atoms with E-state index in [-0.39, 0.29) is 28.1 Å². The van der Waals surface area contributed by atoms with Crippen LogP contribution in [0.3, 0.4) is 0 Å². The number of anilines is 1. The van der Waals surface area contributed by atoms with Gasteiger partial charge >= 0.3 is 5.97 Å². The first-order valence-electron chi connectivity index (χ1n) is 8.96. The Morgan fingerprint density at radius 1 is 1.19 bits per heavy atom. The Hall–Kier alpha value is -4.27. The summed E-state index contributed by atoms with van der Waals surface area (Å²) < 4.78 is 2.88. The second kappa shape index (κ2) is 10.7. The molecule has 2 rings (SSSR count). The molecule has 0 fully saturated rings. The second-order valence-electron chi connectivity index (χ2n) is 6.16. The lowest BCUT2D eigenvalue weighted by atomic mass is 10.0. The molecule has 0 atom stereocenters. The number of benzene rings is 2. The Morgan fingerprint density at radius 3 is 2.47 bits per heavy atom. The number of allylic oxidation sites excluding steroid dienone is 2. The van der Waals surface area contributed by atoms with Crippen molar-refractivity contribution in [3.8, 4) is 11.8 Å². The van der Waals surface area contributed by atoms with Crippen LogP contribution in [-0.4, -0.2) is 34.8 Å². The number of rotatable bonds is 8. The highest BCUT2D eigenvalue weighted by Crippen LogP contribution is 2.33. The van der Waals surface area contributed by atoms with Gasteiger partial charge in [0, 0.05) is 22.2 Å². The van der Waals surface area contributed by atoms with Crippen molar-refractivity contribution in [2.45, 2.75) is 4.90 Å². The summed E-state index contributed by atoms with van der Waals surface area (Å²) in [7, 11) is 1.67. The highest BCUT2D eigenvalue weighted by Gasteiger charge is 2.21. The lowest BCUT2D eigenvalue weighted by Crippen LogP contribution is -2.24. The maximum atomic E-state index is 12.7. The molecule has 0 radical (unpaired) electrons. The quantitative estimate of drug-likeness (QED) is 0.178. The Morgan fingerprint density at radius 2 is 1.91 bits per heavy atom. The molecule has 0 bridgehead atoms. The molecule has 0 aliphatic carbocycles. The van der Waals surface area contributed by atoms with Crippen molar-refractivity contribution >= 4 is 40.8 Å². The van der Waals surface area contributed by atoms with Crippen molar-refractivity contribution in [2.24, 2.45) is 11.5 Å². The van der Waals surface area contributed by atoms with E-state index in [1.54, 1.807) is 7.05 Å². The maximum Gasteiger partial charge on any atom is 0.337 e. The number of carbonyl (C=O) groups excluding carboxylic acids is 1. The van der Waals surface area contributed by atoms with E-state index in [0.29, 0.717) is 16.0 Å². The van der Waals surface area contributed by atoms with Crippen LogP contribution in [-0.2, 0) is 4.79 Å². The molecule has 0 saturated carbocycles. The third kappa shape index (κ3) is 5.25. The topological polar surface area (TPSA) is 198 Å². The first-order valence-corrected chi connectivity index (χ1v) is 9.77. The first-order chi connectivity index (χ1) is 15.3. The van der Waals surface area contributed by atoms with Crippen LogP contribution in [0.2, 0.25) is 0 Å². The van der Waals surface area contributed by atoms with E-state index < -0.39 is 17.6 Å². The van der Waals surface area contributed by atoms with Crippen molar-refractivity contribution in [2.75, 3.05) is 12.4 Å². The molecular weight excluding hydrogens is 432 g/mol. The number of carbonyl (C=O) groups is 2. The van der Waals surface area contributed by atoms with Gasteiger partial charge in [0.15, 0.2) is 0 Å². The van der Waals surface area contributed by atoms with Gasteiger partial charge in [-0.1, -0.05) is 0 Å². The molecule has 2 aromatic carbocycles. The van der Waals surface area contributed by atoms with Crippen LogP contribution in [0.25, 0.3) is 5.57 Å². The largest absolute Gasteiger partial charge is 0.507 e. The van der Waals surface area contributed by atoms with Crippen molar-refractivity contribution in [3.63, 3.8) is 0 Å². The SMILES string of the molecule is CNSc1cc(C(=N)C(=O)Nc2ccc(C#N)cc2C(=O)O)c(O)cc1C(/C=C\N)=C/N. The first kappa shape index (κ1) is 24.0. The summed E-state index contributed by atoms with van der Waals surface area (Å²) in [6, 6.07) is 8.31. The van der Waals surface area contributed by atoms with E-state index in [4.69, 9.17) is 22.1 Å². The Kier molecular flexibility index (Phi) is 8.00. The zero-order valence-corrected chi connectivity index (χ0v) is 17.7. The lowest BCUT2D eigenvalue weighted by Gasteiger charge is -2.15. The van der Waals surface area contributed by atoms with Crippen LogP contribution < -0.4 is 21.5 Å². The van der Waals surface area contributed by atoms with Gasteiger partial charge in [-0.15, -0.1) is 0 Å². The van der Waals surface area contributed by atoms with Crippen molar-refractivity contribution in [1.82, 2.24) is 4.72 Å². The molecular formula is C21H20N6O4S. The van der Waals surface area contributed by atoms with Crippen LogP contribution in [0.1, 0.15) is 27.0 Å². The molecule has 9 N–H and O–H groups in total. The van der Waals surface area contributed by atoms with Crippen LogP contribution >= 0.6 is 11.9 Å². The van der Waals surface area contributed by atoms with Crippen LogP contribution in [0.15, 0.2) is 53.7 Å². The monoisotopic (exact) mass is 452 g/mol. The summed E-state index contributed by atoms with van der Waals surface area (Å²) in [6.45, 7) is 0. The zero-order valence-electron chi connectivity index (χ0n) is 16.8. The zero-order chi connectivity index (χ0) is 23.8. The van der Waals surface area contributed by atoms with Crippen LogP contribution in [0.5, 0.6) is 5.75 Å². The number of nitrogens with two attached hydrogens (primary N) is 2. The maximum absolute atomic E-state index is 12.7. The van der Waals surface area contributed by atoms with Gasteiger partial charge in [-0.2, -0.15) is 5.26 Å².